The van der Waals surface area contributed by atoms with Gasteiger partial charge in [-0.05, 0) is 111 Å². The first-order valence-electron chi connectivity index (χ1n) is 11.5. The van der Waals surface area contributed by atoms with Crippen LogP contribution in [0.15, 0.2) is 18.2 Å². The molecule has 0 N–H and O–H groups in total. The van der Waals surface area contributed by atoms with Crippen LogP contribution in [0.4, 0.5) is 0 Å². The molecule has 1 aromatic rings. The van der Waals surface area contributed by atoms with Crippen molar-refractivity contribution in [3.63, 3.8) is 0 Å². The van der Waals surface area contributed by atoms with Crippen molar-refractivity contribution in [2.75, 3.05) is 13.7 Å². The summed E-state index contributed by atoms with van der Waals surface area (Å²) >= 11 is 0. The first kappa shape index (κ1) is 19.3. The van der Waals surface area contributed by atoms with E-state index in [4.69, 9.17) is 9.47 Å². The molecular formula is C25H38O2. The number of hydrogen-bond acceptors (Lipinski definition) is 2. The van der Waals surface area contributed by atoms with Crippen LogP contribution in [0.25, 0.3) is 0 Å². The minimum atomic E-state index is 0.561. The lowest BCUT2D eigenvalue weighted by molar-refractivity contribution is -0.0247. The predicted octanol–water partition coefficient (Wildman–Crippen LogP) is 6.20. The summed E-state index contributed by atoms with van der Waals surface area (Å²) in [4.78, 5) is 0. The van der Waals surface area contributed by atoms with Gasteiger partial charge in [0.1, 0.15) is 5.75 Å². The summed E-state index contributed by atoms with van der Waals surface area (Å²) in [6.45, 7) is 3.23. The van der Waals surface area contributed by atoms with Crippen molar-refractivity contribution >= 4 is 0 Å². The molecule has 0 amide bonds. The molecule has 0 aliphatic heterocycles. The minimum absolute atomic E-state index is 0.561. The Morgan fingerprint density at radius 1 is 0.889 bits per heavy atom. The molecule has 0 spiro atoms. The standard InChI is InChI=1S/C25H38O2/c1-3-4-13-27-25-12-10-21-15-19(6-8-23(21)17-25)18-5-7-22-16-24(26-2)11-9-20(22)14-18/h9,11,16,18-19,21,23,25H,3-8,10,12-15,17H2,1-2H3/t18?,19?,21-,23?,25-/m1/s1. The number of unbranched alkanes of at least 4 members (excludes halogenated alkanes) is 1. The van der Waals surface area contributed by atoms with E-state index in [0.29, 0.717) is 6.10 Å². The van der Waals surface area contributed by atoms with Crippen molar-refractivity contribution < 1.29 is 9.47 Å². The first-order chi connectivity index (χ1) is 13.3. The number of rotatable bonds is 6. The molecule has 2 heteroatoms. The van der Waals surface area contributed by atoms with E-state index in [2.05, 4.69) is 25.1 Å². The molecule has 3 aliphatic carbocycles. The molecule has 0 radical (unpaired) electrons. The fraction of sp³-hybridized carbons (Fsp3) is 0.760. The Balaban J connectivity index is 1.30. The van der Waals surface area contributed by atoms with Crippen LogP contribution in [-0.4, -0.2) is 19.8 Å². The summed E-state index contributed by atoms with van der Waals surface area (Å²) < 4.78 is 11.6. The van der Waals surface area contributed by atoms with Crippen LogP contribution in [0, 0.1) is 23.7 Å². The Labute approximate surface area is 166 Å². The molecular weight excluding hydrogens is 332 g/mol. The smallest absolute Gasteiger partial charge is 0.119 e. The van der Waals surface area contributed by atoms with Gasteiger partial charge in [-0.2, -0.15) is 0 Å². The molecule has 2 saturated carbocycles. The van der Waals surface area contributed by atoms with Crippen molar-refractivity contribution in [3.05, 3.63) is 29.3 Å². The van der Waals surface area contributed by atoms with Crippen LogP contribution in [0.3, 0.4) is 0 Å². The third kappa shape index (κ3) is 4.53. The number of hydrogen-bond donors (Lipinski definition) is 0. The van der Waals surface area contributed by atoms with Gasteiger partial charge in [0.25, 0.3) is 0 Å². The second kappa shape index (κ2) is 8.99. The lowest BCUT2D eigenvalue weighted by atomic mass is 9.62. The van der Waals surface area contributed by atoms with Crippen LogP contribution in [-0.2, 0) is 17.6 Å². The van der Waals surface area contributed by atoms with E-state index in [1.165, 1.54) is 76.2 Å². The predicted molar refractivity (Wildman–Crippen MR) is 111 cm³/mol. The Morgan fingerprint density at radius 3 is 2.48 bits per heavy atom. The van der Waals surface area contributed by atoms with Crippen molar-refractivity contribution in [2.45, 2.75) is 83.7 Å². The van der Waals surface area contributed by atoms with Gasteiger partial charge in [-0.15, -0.1) is 0 Å². The summed E-state index contributed by atoms with van der Waals surface area (Å²) in [6.07, 6.45) is 15.4. The Kier molecular flexibility index (Phi) is 6.42. The van der Waals surface area contributed by atoms with Crippen LogP contribution in [0.2, 0.25) is 0 Å². The van der Waals surface area contributed by atoms with Crippen molar-refractivity contribution in [2.24, 2.45) is 23.7 Å². The minimum Gasteiger partial charge on any atom is -0.497 e. The quantitative estimate of drug-likeness (QED) is 0.555. The maximum Gasteiger partial charge on any atom is 0.119 e. The van der Waals surface area contributed by atoms with Crippen LogP contribution < -0.4 is 4.74 Å². The molecule has 2 nitrogen and oxygen atoms in total. The van der Waals surface area contributed by atoms with E-state index in [9.17, 15) is 0 Å². The molecule has 4 rings (SSSR count). The zero-order chi connectivity index (χ0) is 18.6. The number of ether oxygens (including phenoxy) is 2. The molecule has 0 heterocycles. The highest BCUT2D eigenvalue weighted by Crippen LogP contribution is 2.47. The SMILES string of the molecule is CCCCO[C@@H]1CC[C@@H]2CC(C3CCc4cc(OC)ccc4C3)CCC2C1. The average Bonchev–Trinajstić information content (AvgIpc) is 2.72. The number of benzene rings is 1. The molecule has 3 aliphatic rings. The highest BCUT2D eigenvalue weighted by molar-refractivity contribution is 5.37. The molecule has 2 fully saturated rings. The molecule has 0 saturated heterocycles. The van der Waals surface area contributed by atoms with E-state index in [0.717, 1.165) is 36.0 Å². The second-order valence-electron chi connectivity index (χ2n) is 9.39. The second-order valence-corrected chi connectivity index (χ2v) is 9.39. The topological polar surface area (TPSA) is 18.5 Å². The monoisotopic (exact) mass is 370 g/mol. The summed E-state index contributed by atoms with van der Waals surface area (Å²) in [5.41, 5.74) is 3.12. The molecule has 1 aromatic carbocycles. The molecule has 150 valence electrons. The summed E-state index contributed by atoms with van der Waals surface area (Å²) in [6, 6.07) is 6.74. The lowest BCUT2D eigenvalue weighted by Crippen LogP contribution is -2.37. The van der Waals surface area contributed by atoms with E-state index in [1.807, 2.05) is 0 Å². The molecule has 0 aromatic heterocycles. The Morgan fingerprint density at radius 2 is 1.67 bits per heavy atom. The normalized spacial score (nSPS) is 33.2. The number of methoxy groups -OCH3 is 1. The van der Waals surface area contributed by atoms with E-state index < -0.39 is 0 Å². The van der Waals surface area contributed by atoms with E-state index >= 15 is 0 Å². The van der Waals surface area contributed by atoms with Gasteiger partial charge < -0.3 is 9.47 Å². The third-order valence-electron chi connectivity index (χ3n) is 7.80. The summed E-state index contributed by atoms with van der Waals surface area (Å²) in [7, 11) is 1.77. The lowest BCUT2D eigenvalue weighted by Gasteiger charge is -2.45. The molecule has 3 unspecified atom stereocenters. The van der Waals surface area contributed by atoms with Gasteiger partial charge in [-0.1, -0.05) is 19.4 Å². The van der Waals surface area contributed by atoms with Gasteiger partial charge in [0.2, 0.25) is 0 Å². The Hall–Kier alpha value is -1.02. The van der Waals surface area contributed by atoms with E-state index in [1.54, 1.807) is 12.7 Å². The van der Waals surface area contributed by atoms with Crippen LogP contribution in [0.5, 0.6) is 5.75 Å². The number of aryl methyl sites for hydroxylation is 1. The van der Waals surface area contributed by atoms with Crippen molar-refractivity contribution in [1.29, 1.82) is 0 Å². The van der Waals surface area contributed by atoms with Gasteiger partial charge in [0.05, 0.1) is 13.2 Å². The van der Waals surface area contributed by atoms with Gasteiger partial charge >= 0.3 is 0 Å². The van der Waals surface area contributed by atoms with E-state index in [-0.39, 0.29) is 0 Å². The van der Waals surface area contributed by atoms with Crippen molar-refractivity contribution in [1.82, 2.24) is 0 Å². The highest BCUT2D eigenvalue weighted by Gasteiger charge is 2.38. The first-order valence-corrected chi connectivity index (χ1v) is 11.5. The maximum absolute atomic E-state index is 6.16. The maximum atomic E-state index is 6.16. The van der Waals surface area contributed by atoms with Crippen LogP contribution in [0.1, 0.15) is 75.8 Å². The molecule has 0 bridgehead atoms. The van der Waals surface area contributed by atoms with Gasteiger partial charge in [0.15, 0.2) is 0 Å². The van der Waals surface area contributed by atoms with Gasteiger partial charge in [0, 0.05) is 6.61 Å². The highest BCUT2D eigenvalue weighted by atomic mass is 16.5. The largest absolute Gasteiger partial charge is 0.497 e. The summed E-state index contributed by atoms with van der Waals surface area (Å²) in [5.74, 6) is 4.81. The zero-order valence-electron chi connectivity index (χ0n) is 17.4. The molecule has 5 atom stereocenters. The fourth-order valence-electron chi connectivity index (χ4n) is 6.15. The van der Waals surface area contributed by atoms with Crippen molar-refractivity contribution in [3.8, 4) is 5.75 Å². The van der Waals surface area contributed by atoms with Gasteiger partial charge in [-0.3, -0.25) is 0 Å². The third-order valence-corrected chi connectivity index (χ3v) is 7.80. The fourth-order valence-corrected chi connectivity index (χ4v) is 6.15. The Bertz CT molecular complexity index is 610. The zero-order valence-corrected chi connectivity index (χ0v) is 17.4. The average molecular weight is 371 g/mol. The summed E-state index contributed by atoms with van der Waals surface area (Å²) in [5, 5.41) is 0. The number of fused-ring (bicyclic) bond motifs is 2. The molecule has 27 heavy (non-hydrogen) atoms. The van der Waals surface area contributed by atoms with Gasteiger partial charge in [-0.25, -0.2) is 0 Å². The van der Waals surface area contributed by atoms with Crippen LogP contribution >= 0.6 is 0 Å².